The number of aromatic nitrogens is 3. The van der Waals surface area contributed by atoms with Crippen molar-refractivity contribution in [3.63, 3.8) is 0 Å². The molecule has 0 aliphatic carbocycles. The predicted octanol–water partition coefficient (Wildman–Crippen LogP) is 2.68. The molecule has 1 aliphatic heterocycles. The molecule has 1 saturated heterocycles. The van der Waals surface area contributed by atoms with Gasteiger partial charge in [-0.1, -0.05) is 18.2 Å². The minimum atomic E-state index is -0.727. The highest BCUT2D eigenvalue weighted by Crippen LogP contribution is 2.38. The van der Waals surface area contributed by atoms with Gasteiger partial charge >= 0.3 is 0 Å². The minimum Gasteiger partial charge on any atom is -0.491 e. The molecule has 0 saturated carbocycles. The van der Waals surface area contributed by atoms with Gasteiger partial charge in [-0.15, -0.1) is 0 Å². The van der Waals surface area contributed by atoms with Crippen LogP contribution < -0.4 is 15.0 Å². The van der Waals surface area contributed by atoms with Crippen molar-refractivity contribution in [3.8, 4) is 17.0 Å². The summed E-state index contributed by atoms with van der Waals surface area (Å²) >= 11 is 0. The van der Waals surface area contributed by atoms with Crippen LogP contribution in [0.4, 0.5) is 17.5 Å². The summed E-state index contributed by atoms with van der Waals surface area (Å²) in [5.41, 5.74) is 3.03. The monoisotopic (exact) mass is 436 g/mol. The third-order valence-corrected chi connectivity index (χ3v) is 5.22. The van der Waals surface area contributed by atoms with E-state index in [2.05, 4.69) is 15.2 Å². The number of aliphatic hydroxyl groups is 1. The zero-order valence-corrected chi connectivity index (χ0v) is 18.5. The van der Waals surface area contributed by atoms with E-state index in [-0.39, 0.29) is 0 Å². The van der Waals surface area contributed by atoms with Crippen molar-refractivity contribution < 1.29 is 14.6 Å². The molecular weight excluding hydrogens is 408 g/mol. The maximum atomic E-state index is 10.5. The van der Waals surface area contributed by atoms with E-state index in [1.165, 1.54) is 0 Å². The Bertz CT molecular complexity index is 1040. The van der Waals surface area contributed by atoms with Crippen LogP contribution in [0.1, 0.15) is 11.8 Å². The van der Waals surface area contributed by atoms with Crippen molar-refractivity contribution in [1.29, 1.82) is 0 Å². The summed E-state index contributed by atoms with van der Waals surface area (Å²) < 4.78 is 11.3. The maximum Gasteiger partial charge on any atom is 0.228 e. The number of morpholine rings is 1. The van der Waals surface area contributed by atoms with Gasteiger partial charge in [-0.25, -0.2) is 4.98 Å². The second-order valence-corrected chi connectivity index (χ2v) is 7.68. The third kappa shape index (κ3) is 4.80. The number of hydrogen-bond acceptors (Lipinski definition) is 9. The van der Waals surface area contributed by atoms with Gasteiger partial charge in [0.1, 0.15) is 11.9 Å². The molecule has 2 aromatic heterocycles. The fourth-order valence-electron chi connectivity index (χ4n) is 3.54. The molecule has 0 radical (unpaired) electrons. The van der Waals surface area contributed by atoms with E-state index >= 15 is 0 Å². The van der Waals surface area contributed by atoms with Crippen molar-refractivity contribution in [2.24, 2.45) is 0 Å². The van der Waals surface area contributed by atoms with E-state index in [1.54, 1.807) is 24.4 Å². The number of hydrogen-bond donors (Lipinski definition) is 2. The van der Waals surface area contributed by atoms with Crippen molar-refractivity contribution >= 4 is 17.5 Å². The normalized spacial score (nSPS) is 15.0. The first-order chi connectivity index (χ1) is 15.6. The summed E-state index contributed by atoms with van der Waals surface area (Å²) in [5.74, 6) is 1.65. The molecule has 1 aliphatic rings. The molecule has 1 unspecified atom stereocenters. The molecule has 4 rings (SSSR count). The van der Waals surface area contributed by atoms with Crippen molar-refractivity contribution in [1.82, 2.24) is 19.9 Å². The summed E-state index contributed by atoms with van der Waals surface area (Å²) in [5, 5.41) is 13.8. The Hall–Kier alpha value is -3.27. The number of benzene rings is 1. The zero-order valence-electron chi connectivity index (χ0n) is 18.5. The van der Waals surface area contributed by atoms with E-state index in [0.29, 0.717) is 49.5 Å². The molecule has 0 amide bonds. The lowest BCUT2D eigenvalue weighted by atomic mass is 10.1. The SMILES string of the molecule is COc1c(Nc2cccnc2)nc(N2CCOCC2)nc1-c1cccc(C(O)N(C)C)c1. The minimum absolute atomic E-state index is 0.516. The number of ether oxygens (including phenoxy) is 2. The molecule has 1 aromatic carbocycles. The van der Waals surface area contributed by atoms with E-state index in [0.717, 1.165) is 16.8 Å². The van der Waals surface area contributed by atoms with Crippen LogP contribution >= 0.6 is 0 Å². The van der Waals surface area contributed by atoms with Gasteiger partial charge in [0.05, 0.1) is 32.2 Å². The molecule has 1 fully saturated rings. The lowest BCUT2D eigenvalue weighted by molar-refractivity contribution is 0.0396. The summed E-state index contributed by atoms with van der Waals surface area (Å²) in [6, 6.07) is 11.4. The van der Waals surface area contributed by atoms with Crippen LogP contribution in [-0.4, -0.2) is 72.5 Å². The predicted molar refractivity (Wildman–Crippen MR) is 123 cm³/mol. The first-order valence-electron chi connectivity index (χ1n) is 10.5. The second kappa shape index (κ2) is 9.90. The van der Waals surface area contributed by atoms with E-state index in [4.69, 9.17) is 19.4 Å². The van der Waals surface area contributed by atoms with Crippen LogP contribution in [0.15, 0.2) is 48.8 Å². The number of nitrogens with zero attached hydrogens (tertiary/aromatic N) is 5. The van der Waals surface area contributed by atoms with Gasteiger partial charge in [0.15, 0.2) is 11.6 Å². The third-order valence-electron chi connectivity index (χ3n) is 5.22. The lowest BCUT2D eigenvalue weighted by Crippen LogP contribution is -2.37. The Labute approximate surface area is 187 Å². The second-order valence-electron chi connectivity index (χ2n) is 7.68. The Morgan fingerprint density at radius 1 is 1.16 bits per heavy atom. The number of rotatable bonds is 7. The van der Waals surface area contributed by atoms with Gasteiger partial charge in [0.2, 0.25) is 5.95 Å². The summed E-state index contributed by atoms with van der Waals surface area (Å²) in [7, 11) is 5.26. The van der Waals surface area contributed by atoms with Crippen LogP contribution in [0.25, 0.3) is 11.3 Å². The lowest BCUT2D eigenvalue weighted by Gasteiger charge is -2.28. The molecule has 2 N–H and O–H groups in total. The fourth-order valence-corrected chi connectivity index (χ4v) is 3.54. The molecule has 9 heteroatoms. The molecule has 9 nitrogen and oxygen atoms in total. The topological polar surface area (TPSA) is 95.9 Å². The molecule has 32 heavy (non-hydrogen) atoms. The van der Waals surface area contributed by atoms with Crippen molar-refractivity contribution in [2.75, 3.05) is 57.7 Å². The molecule has 3 aromatic rings. The maximum absolute atomic E-state index is 10.5. The Morgan fingerprint density at radius 3 is 2.66 bits per heavy atom. The largest absolute Gasteiger partial charge is 0.491 e. The number of methoxy groups -OCH3 is 1. The van der Waals surface area contributed by atoms with Crippen LogP contribution in [0.3, 0.4) is 0 Å². The molecular formula is C23H28N6O3. The van der Waals surface area contributed by atoms with Gasteiger partial charge < -0.3 is 24.8 Å². The van der Waals surface area contributed by atoms with Gasteiger partial charge in [-0.05, 0) is 37.9 Å². The Morgan fingerprint density at radius 2 is 1.97 bits per heavy atom. The molecule has 3 heterocycles. The highest BCUT2D eigenvalue weighted by Gasteiger charge is 2.22. The standard InChI is InChI=1S/C23H28N6O3/c1-28(2)22(30)17-7-4-6-16(14-17)19-20(31-3)21(25-18-8-5-9-24-15-18)27-23(26-19)29-10-12-32-13-11-29/h4-9,14-15,22,30H,10-13H2,1-3H3,(H,25,26,27). The number of nitrogens with one attached hydrogen (secondary N) is 1. The quantitative estimate of drug-likeness (QED) is 0.542. The highest BCUT2D eigenvalue weighted by molar-refractivity contribution is 5.77. The van der Waals surface area contributed by atoms with Crippen LogP contribution in [0.2, 0.25) is 0 Å². The van der Waals surface area contributed by atoms with Gasteiger partial charge in [-0.2, -0.15) is 4.98 Å². The average Bonchev–Trinajstić information content (AvgIpc) is 2.84. The van der Waals surface area contributed by atoms with E-state index in [1.807, 2.05) is 50.5 Å². The van der Waals surface area contributed by atoms with Crippen LogP contribution in [0.5, 0.6) is 5.75 Å². The average molecular weight is 437 g/mol. The number of aliphatic hydroxyl groups excluding tert-OH is 1. The highest BCUT2D eigenvalue weighted by atomic mass is 16.5. The zero-order chi connectivity index (χ0) is 22.5. The number of anilines is 3. The van der Waals surface area contributed by atoms with Crippen LogP contribution in [0, 0.1) is 0 Å². The number of pyridine rings is 1. The van der Waals surface area contributed by atoms with E-state index < -0.39 is 6.23 Å². The van der Waals surface area contributed by atoms with E-state index in [9.17, 15) is 5.11 Å². The summed E-state index contributed by atoms with van der Waals surface area (Å²) in [4.78, 5) is 17.6. The first kappa shape index (κ1) is 21.9. The Balaban J connectivity index is 1.83. The summed E-state index contributed by atoms with van der Waals surface area (Å²) in [6.45, 7) is 2.66. The molecule has 168 valence electrons. The smallest absolute Gasteiger partial charge is 0.228 e. The van der Waals surface area contributed by atoms with Gasteiger partial charge in [-0.3, -0.25) is 9.88 Å². The van der Waals surface area contributed by atoms with Gasteiger partial charge in [0, 0.05) is 24.8 Å². The fraction of sp³-hybridized carbons (Fsp3) is 0.348. The summed E-state index contributed by atoms with van der Waals surface area (Å²) in [6.07, 6.45) is 2.72. The Kier molecular flexibility index (Phi) is 6.79. The first-order valence-corrected chi connectivity index (χ1v) is 10.5. The van der Waals surface area contributed by atoms with Crippen molar-refractivity contribution in [3.05, 3.63) is 54.4 Å². The van der Waals surface area contributed by atoms with Gasteiger partial charge in [0.25, 0.3) is 0 Å². The molecule has 1 atom stereocenters. The van der Waals surface area contributed by atoms with Crippen LogP contribution in [-0.2, 0) is 4.74 Å². The molecule has 0 spiro atoms. The van der Waals surface area contributed by atoms with Crippen molar-refractivity contribution in [2.45, 2.75) is 6.23 Å². The molecule has 0 bridgehead atoms.